The predicted molar refractivity (Wildman–Crippen MR) is 325 cm³/mol. The second-order valence-electron chi connectivity index (χ2n) is 28.1. The van der Waals surface area contributed by atoms with Crippen molar-refractivity contribution in [3.63, 3.8) is 0 Å². The van der Waals surface area contributed by atoms with Gasteiger partial charge in [-0.25, -0.2) is 40.0 Å². The van der Waals surface area contributed by atoms with Gasteiger partial charge < -0.3 is 28.9 Å². The van der Waals surface area contributed by atoms with Crippen LogP contribution in [0.2, 0.25) is 0 Å². The van der Waals surface area contributed by atoms with Crippen LogP contribution in [0, 0.1) is 41.1 Å². The zero-order chi connectivity index (χ0) is 61.1. The number of imidazole rings is 2. The molecule has 2 aromatic heterocycles. The van der Waals surface area contributed by atoms with Gasteiger partial charge in [-0.05, 0) is 196 Å². The molecule has 4 heterocycles. The van der Waals surface area contributed by atoms with Crippen LogP contribution in [0.15, 0.2) is 54.6 Å². The van der Waals surface area contributed by atoms with E-state index in [0.717, 1.165) is 99.9 Å². The highest BCUT2D eigenvalue weighted by Gasteiger charge is 2.44. The van der Waals surface area contributed by atoms with E-state index < -0.39 is 35.4 Å². The average molecular weight is 1200 g/mol. The SMILES string of the molecule is CC(C)(C)c1nc2cc(OCC3CC3)c(F)cc2[nH]1.CC(C)(C)c1nc2ccc(OCC3CC3)cc2[nH]1.C[C@@H]1c2cc(OCC3CC3)c(F)cc2CCN1S(=O)(=O)C(C)(C)C.C[C@@H]1c2cc(OCC3CC3)c(F)cc2CN1S(=O)(=O)C(C)(C)C. The Balaban J connectivity index is 0.000000135. The molecule has 0 bridgehead atoms. The Kier molecular flexibility index (Phi) is 18.1. The van der Waals surface area contributed by atoms with Crippen LogP contribution in [-0.2, 0) is 43.8 Å². The maximum atomic E-state index is 14.2. The third-order valence-corrected chi connectivity index (χ3v) is 21.6. The number of fused-ring (bicyclic) bond motifs is 4. The Bertz CT molecular complexity index is 3560. The largest absolute Gasteiger partial charge is 0.493 e. The Morgan fingerprint density at radius 2 is 0.893 bits per heavy atom. The van der Waals surface area contributed by atoms with Gasteiger partial charge in [0, 0.05) is 54.2 Å². The molecule has 19 heteroatoms. The summed E-state index contributed by atoms with van der Waals surface area (Å²) in [6.07, 6.45) is 10.1. The number of aromatic amines is 2. The second-order valence-corrected chi connectivity index (χ2v) is 33.4. The fourth-order valence-corrected chi connectivity index (χ4v) is 12.9. The molecule has 460 valence electrons. The van der Waals surface area contributed by atoms with Gasteiger partial charge in [0.1, 0.15) is 17.4 Å². The summed E-state index contributed by atoms with van der Waals surface area (Å²) < 4.78 is 117. The third-order valence-electron chi connectivity index (χ3n) is 16.4. The predicted octanol–water partition coefficient (Wildman–Crippen LogP) is 14.7. The highest BCUT2D eigenvalue weighted by atomic mass is 32.2. The van der Waals surface area contributed by atoms with Crippen molar-refractivity contribution in [2.75, 3.05) is 33.0 Å². The van der Waals surface area contributed by atoms with Crippen LogP contribution in [0.3, 0.4) is 0 Å². The van der Waals surface area contributed by atoms with E-state index in [-0.39, 0.29) is 52.6 Å². The molecule has 0 unspecified atom stereocenters. The molecule has 4 aromatic carbocycles. The quantitative estimate of drug-likeness (QED) is 0.107. The van der Waals surface area contributed by atoms with E-state index in [1.165, 1.54) is 52.5 Å². The Labute approximate surface area is 496 Å². The molecule has 0 radical (unpaired) electrons. The summed E-state index contributed by atoms with van der Waals surface area (Å²) in [5.74, 6) is 5.00. The van der Waals surface area contributed by atoms with Crippen molar-refractivity contribution in [2.45, 2.75) is 194 Å². The van der Waals surface area contributed by atoms with Crippen molar-refractivity contribution in [1.29, 1.82) is 0 Å². The molecular weight excluding hydrogens is 1110 g/mol. The molecule has 0 spiro atoms. The summed E-state index contributed by atoms with van der Waals surface area (Å²) in [4.78, 5) is 15.7. The van der Waals surface area contributed by atoms with Crippen molar-refractivity contribution in [1.82, 2.24) is 28.5 Å². The van der Waals surface area contributed by atoms with Crippen LogP contribution < -0.4 is 18.9 Å². The van der Waals surface area contributed by atoms with Gasteiger partial charge in [0.05, 0.1) is 58.0 Å². The number of aromatic nitrogens is 4. The second kappa shape index (κ2) is 24.1. The van der Waals surface area contributed by atoms with Gasteiger partial charge in [-0.2, -0.15) is 8.61 Å². The molecule has 0 saturated heterocycles. The van der Waals surface area contributed by atoms with E-state index in [9.17, 15) is 30.0 Å². The van der Waals surface area contributed by atoms with E-state index in [1.54, 1.807) is 59.7 Å². The van der Waals surface area contributed by atoms with Crippen molar-refractivity contribution >= 4 is 42.1 Å². The maximum absolute atomic E-state index is 14.2. The lowest BCUT2D eigenvalue weighted by Crippen LogP contribution is -2.46. The Hall–Kier alpha value is -5.37. The number of nitrogens with zero attached hydrogens (tertiary/aromatic N) is 4. The van der Waals surface area contributed by atoms with Gasteiger partial charge in [-0.1, -0.05) is 41.5 Å². The van der Waals surface area contributed by atoms with Gasteiger partial charge in [-0.3, -0.25) is 0 Å². The van der Waals surface area contributed by atoms with E-state index in [1.807, 2.05) is 26.0 Å². The molecule has 4 saturated carbocycles. The molecular formula is C65H89F3N6O8S2. The first-order chi connectivity index (χ1) is 39.2. The number of H-pyrrole nitrogens is 2. The normalized spacial score (nSPS) is 19.5. The van der Waals surface area contributed by atoms with Crippen LogP contribution >= 0.6 is 0 Å². The van der Waals surface area contributed by atoms with E-state index in [4.69, 9.17) is 18.9 Å². The average Bonchev–Trinajstić information content (AvgIpc) is 1.76. The number of sulfonamides is 2. The van der Waals surface area contributed by atoms with Gasteiger partial charge in [0.15, 0.2) is 34.7 Å². The molecule has 4 fully saturated rings. The lowest BCUT2D eigenvalue weighted by Gasteiger charge is -2.38. The molecule has 2 atom stereocenters. The minimum Gasteiger partial charge on any atom is -0.493 e. The van der Waals surface area contributed by atoms with Crippen LogP contribution in [0.5, 0.6) is 23.0 Å². The fraction of sp³-hybridized carbons (Fsp3) is 0.600. The standard InChI is InChI=1S/C18H26FNO3S.C17H24FNO3S.C15H19FN2O.C15H20N2O/c1-12-15-10-17(23-11-13-5-6-13)16(19)9-14(15)7-8-20(12)24(21,22)18(2,3)4;1-11-14-8-16(22-10-12-5-6-12)15(18)7-13(14)9-19(11)23(20,21)17(2,3)4;1-15(2,3)14-17-11-6-10(16)13(7-12(11)18-14)19-8-9-4-5-9;1-15(2,3)14-16-12-7-6-11(8-13(12)17-14)18-9-10-4-5-10/h9-10,12-13H,5-8,11H2,1-4H3;7-8,11-12H,5-6,9-10H2,1-4H3;6-7,9H,4-5,8H2,1-3H3,(H,17,18);6-8,10H,4-5,9H2,1-3H3,(H,16,17)/t12-;11-;;/m11../s1. The van der Waals surface area contributed by atoms with Gasteiger partial charge in [0.25, 0.3) is 0 Å². The van der Waals surface area contributed by atoms with Crippen molar-refractivity contribution < 1.29 is 49.0 Å². The van der Waals surface area contributed by atoms with Crippen LogP contribution in [0.25, 0.3) is 22.1 Å². The first kappa shape index (κ1) is 63.1. The van der Waals surface area contributed by atoms with E-state index in [0.29, 0.717) is 56.3 Å². The Morgan fingerprint density at radius 1 is 0.500 bits per heavy atom. The summed E-state index contributed by atoms with van der Waals surface area (Å²) in [7, 11) is -6.90. The highest BCUT2D eigenvalue weighted by Crippen LogP contribution is 2.43. The van der Waals surface area contributed by atoms with Crippen LogP contribution in [-0.4, -0.2) is 87.8 Å². The fourth-order valence-electron chi connectivity index (χ4n) is 9.82. The van der Waals surface area contributed by atoms with Crippen molar-refractivity contribution in [3.8, 4) is 23.0 Å². The third kappa shape index (κ3) is 15.1. The molecule has 12 rings (SSSR count). The van der Waals surface area contributed by atoms with Crippen molar-refractivity contribution in [2.24, 2.45) is 23.7 Å². The summed E-state index contributed by atoms with van der Waals surface area (Å²) in [6.45, 7) is 29.7. The molecule has 6 aliphatic rings. The molecule has 2 aliphatic heterocycles. The topological polar surface area (TPSA) is 169 Å². The van der Waals surface area contributed by atoms with Gasteiger partial charge in [-0.15, -0.1) is 0 Å². The summed E-state index contributed by atoms with van der Waals surface area (Å²) >= 11 is 0. The zero-order valence-electron chi connectivity index (χ0n) is 51.8. The smallest absolute Gasteiger partial charge is 0.219 e. The summed E-state index contributed by atoms with van der Waals surface area (Å²) in [6, 6.07) is 14.9. The minimum absolute atomic E-state index is 0.0497. The summed E-state index contributed by atoms with van der Waals surface area (Å²) in [5.41, 5.74) is 6.82. The zero-order valence-corrected chi connectivity index (χ0v) is 53.4. The molecule has 84 heavy (non-hydrogen) atoms. The molecule has 2 N–H and O–H groups in total. The van der Waals surface area contributed by atoms with Gasteiger partial charge in [0.2, 0.25) is 20.0 Å². The van der Waals surface area contributed by atoms with Crippen molar-refractivity contribution in [3.05, 3.63) is 106 Å². The lowest BCUT2D eigenvalue weighted by atomic mass is 9.95. The van der Waals surface area contributed by atoms with E-state index in [2.05, 4.69) is 67.5 Å². The molecule has 6 aromatic rings. The minimum atomic E-state index is -3.46. The number of nitrogens with one attached hydrogen (secondary N) is 2. The molecule has 4 aliphatic carbocycles. The lowest BCUT2D eigenvalue weighted by molar-refractivity contribution is 0.280. The summed E-state index contributed by atoms with van der Waals surface area (Å²) in [5, 5.41) is 0. The first-order valence-electron chi connectivity index (χ1n) is 30.1. The number of rotatable bonds is 14. The number of hydrogen-bond acceptors (Lipinski definition) is 10. The molecule has 14 nitrogen and oxygen atoms in total. The monoisotopic (exact) mass is 1200 g/mol. The highest BCUT2D eigenvalue weighted by molar-refractivity contribution is 7.90. The number of ether oxygens (including phenoxy) is 4. The Morgan fingerprint density at radius 3 is 1.36 bits per heavy atom. The maximum Gasteiger partial charge on any atom is 0.219 e. The van der Waals surface area contributed by atoms with Crippen LogP contribution in [0.4, 0.5) is 13.2 Å². The van der Waals surface area contributed by atoms with Gasteiger partial charge >= 0.3 is 0 Å². The van der Waals surface area contributed by atoms with E-state index >= 15 is 0 Å². The number of hydrogen-bond donors (Lipinski definition) is 2. The number of benzene rings is 4. The first-order valence-corrected chi connectivity index (χ1v) is 32.9. The van der Waals surface area contributed by atoms with Crippen LogP contribution in [0.1, 0.15) is 194 Å². The number of halogens is 3. The molecule has 0 amide bonds.